The van der Waals surface area contributed by atoms with Gasteiger partial charge in [-0.25, -0.2) is 0 Å². The Balaban J connectivity index is 1.64. The van der Waals surface area contributed by atoms with E-state index in [4.69, 9.17) is 24.4 Å². The standard InChI is InChI=1S/C18H23N5O2/c1-2-4-15(5-3-1)14-16-19-17(22-6-10-24-11-7-22)21-18(20-16)23-8-12-25-13-9-23/h1-5H,6-14H2. The molecule has 2 aromatic rings. The Morgan fingerprint density at radius 3 is 1.76 bits per heavy atom. The van der Waals surface area contributed by atoms with Crippen molar-refractivity contribution in [2.24, 2.45) is 0 Å². The van der Waals surface area contributed by atoms with Gasteiger partial charge in [0.05, 0.1) is 26.4 Å². The van der Waals surface area contributed by atoms with Crippen LogP contribution in [-0.2, 0) is 15.9 Å². The number of aromatic nitrogens is 3. The monoisotopic (exact) mass is 341 g/mol. The molecule has 1 aromatic carbocycles. The summed E-state index contributed by atoms with van der Waals surface area (Å²) in [4.78, 5) is 18.6. The van der Waals surface area contributed by atoms with E-state index < -0.39 is 0 Å². The van der Waals surface area contributed by atoms with E-state index in [9.17, 15) is 0 Å². The second-order valence-corrected chi connectivity index (χ2v) is 6.21. The first-order valence-corrected chi connectivity index (χ1v) is 8.83. The number of benzene rings is 1. The van der Waals surface area contributed by atoms with Crippen molar-refractivity contribution < 1.29 is 9.47 Å². The third kappa shape index (κ3) is 4.05. The smallest absolute Gasteiger partial charge is 0.230 e. The highest BCUT2D eigenvalue weighted by Crippen LogP contribution is 2.18. The maximum Gasteiger partial charge on any atom is 0.230 e. The molecular formula is C18H23N5O2. The molecular weight excluding hydrogens is 318 g/mol. The summed E-state index contributed by atoms with van der Waals surface area (Å²) in [5, 5.41) is 0. The number of morpholine rings is 2. The lowest BCUT2D eigenvalue weighted by Gasteiger charge is -2.30. The summed E-state index contributed by atoms with van der Waals surface area (Å²) in [5.74, 6) is 2.32. The minimum absolute atomic E-state index is 0.706. The minimum atomic E-state index is 0.706. The van der Waals surface area contributed by atoms with Gasteiger partial charge in [0.15, 0.2) is 0 Å². The summed E-state index contributed by atoms with van der Waals surface area (Å²) in [5.41, 5.74) is 1.20. The Bertz CT molecular complexity index is 649. The predicted octanol–water partition coefficient (Wildman–Crippen LogP) is 1.14. The fourth-order valence-electron chi connectivity index (χ4n) is 3.06. The van der Waals surface area contributed by atoms with Gasteiger partial charge in [-0.1, -0.05) is 30.3 Å². The van der Waals surface area contributed by atoms with Gasteiger partial charge in [0.25, 0.3) is 0 Å². The SMILES string of the molecule is c1ccc(Cc2nc(N3CCOCC3)nc(N3CCOCC3)n2)cc1. The molecule has 0 N–H and O–H groups in total. The Morgan fingerprint density at radius 2 is 1.24 bits per heavy atom. The largest absolute Gasteiger partial charge is 0.378 e. The van der Waals surface area contributed by atoms with Gasteiger partial charge in [-0.05, 0) is 5.56 Å². The van der Waals surface area contributed by atoms with Crippen LogP contribution in [-0.4, -0.2) is 67.6 Å². The number of hydrogen-bond acceptors (Lipinski definition) is 7. The molecule has 0 atom stereocenters. The molecule has 0 amide bonds. The Labute approximate surface area is 147 Å². The molecule has 2 aliphatic rings. The van der Waals surface area contributed by atoms with Crippen LogP contribution in [0.15, 0.2) is 30.3 Å². The van der Waals surface area contributed by atoms with Crippen LogP contribution >= 0.6 is 0 Å². The highest BCUT2D eigenvalue weighted by atomic mass is 16.5. The number of anilines is 2. The molecule has 0 spiro atoms. The van der Waals surface area contributed by atoms with Gasteiger partial charge >= 0.3 is 0 Å². The van der Waals surface area contributed by atoms with E-state index in [1.807, 2.05) is 18.2 Å². The molecule has 1 aromatic heterocycles. The van der Waals surface area contributed by atoms with Crippen molar-refractivity contribution in [2.75, 3.05) is 62.4 Å². The average Bonchev–Trinajstić information content (AvgIpc) is 2.70. The van der Waals surface area contributed by atoms with E-state index in [0.717, 1.165) is 43.9 Å². The molecule has 7 nitrogen and oxygen atoms in total. The number of rotatable bonds is 4. The van der Waals surface area contributed by atoms with Crippen LogP contribution in [0.5, 0.6) is 0 Å². The zero-order chi connectivity index (χ0) is 16.9. The molecule has 2 fully saturated rings. The first kappa shape index (κ1) is 16.2. The van der Waals surface area contributed by atoms with Crippen molar-refractivity contribution in [3.05, 3.63) is 41.7 Å². The zero-order valence-corrected chi connectivity index (χ0v) is 14.3. The highest BCUT2D eigenvalue weighted by molar-refractivity contribution is 5.40. The van der Waals surface area contributed by atoms with Crippen LogP contribution in [0.1, 0.15) is 11.4 Å². The number of nitrogens with zero attached hydrogens (tertiary/aromatic N) is 5. The van der Waals surface area contributed by atoms with Crippen molar-refractivity contribution in [3.63, 3.8) is 0 Å². The lowest BCUT2D eigenvalue weighted by Crippen LogP contribution is -2.40. The second kappa shape index (κ2) is 7.76. The molecule has 2 saturated heterocycles. The maximum absolute atomic E-state index is 5.45. The molecule has 0 aliphatic carbocycles. The number of hydrogen-bond donors (Lipinski definition) is 0. The predicted molar refractivity (Wildman–Crippen MR) is 95.1 cm³/mol. The first-order valence-electron chi connectivity index (χ1n) is 8.83. The van der Waals surface area contributed by atoms with Crippen molar-refractivity contribution in [1.29, 1.82) is 0 Å². The molecule has 0 saturated carbocycles. The Hall–Kier alpha value is -2.25. The van der Waals surface area contributed by atoms with E-state index in [2.05, 4.69) is 21.9 Å². The van der Waals surface area contributed by atoms with Gasteiger partial charge in [0.2, 0.25) is 11.9 Å². The second-order valence-electron chi connectivity index (χ2n) is 6.21. The number of ether oxygens (including phenoxy) is 2. The molecule has 132 valence electrons. The van der Waals surface area contributed by atoms with Gasteiger partial charge in [-0.2, -0.15) is 15.0 Å². The van der Waals surface area contributed by atoms with Crippen LogP contribution in [0.3, 0.4) is 0 Å². The summed E-state index contributed by atoms with van der Waals surface area (Å²) in [7, 11) is 0. The van der Waals surface area contributed by atoms with Crippen LogP contribution < -0.4 is 9.80 Å². The topological polar surface area (TPSA) is 63.6 Å². The average molecular weight is 341 g/mol. The van der Waals surface area contributed by atoms with E-state index in [1.165, 1.54) is 5.56 Å². The van der Waals surface area contributed by atoms with Gasteiger partial charge in [-0.3, -0.25) is 0 Å². The van der Waals surface area contributed by atoms with Crippen molar-refractivity contribution in [2.45, 2.75) is 6.42 Å². The van der Waals surface area contributed by atoms with E-state index >= 15 is 0 Å². The van der Waals surface area contributed by atoms with Crippen LogP contribution in [0, 0.1) is 0 Å². The third-order valence-corrected chi connectivity index (χ3v) is 4.45. The Kier molecular flexibility index (Phi) is 5.03. The summed E-state index contributed by atoms with van der Waals surface area (Å²) in [6, 6.07) is 10.3. The van der Waals surface area contributed by atoms with Gasteiger partial charge in [0.1, 0.15) is 5.82 Å². The van der Waals surface area contributed by atoms with Crippen molar-refractivity contribution in [1.82, 2.24) is 15.0 Å². The molecule has 2 aliphatic heterocycles. The Morgan fingerprint density at radius 1 is 0.720 bits per heavy atom. The molecule has 25 heavy (non-hydrogen) atoms. The molecule has 3 heterocycles. The minimum Gasteiger partial charge on any atom is -0.378 e. The lowest BCUT2D eigenvalue weighted by molar-refractivity contribution is 0.121. The lowest BCUT2D eigenvalue weighted by atomic mass is 10.1. The van der Waals surface area contributed by atoms with Crippen LogP contribution in [0.2, 0.25) is 0 Å². The fourth-order valence-corrected chi connectivity index (χ4v) is 3.06. The van der Waals surface area contributed by atoms with E-state index in [1.54, 1.807) is 0 Å². The summed E-state index contributed by atoms with van der Waals surface area (Å²) >= 11 is 0. The van der Waals surface area contributed by atoms with E-state index in [0.29, 0.717) is 32.8 Å². The highest BCUT2D eigenvalue weighted by Gasteiger charge is 2.20. The van der Waals surface area contributed by atoms with Crippen LogP contribution in [0.25, 0.3) is 0 Å². The molecule has 0 unspecified atom stereocenters. The fraction of sp³-hybridized carbons (Fsp3) is 0.500. The quantitative estimate of drug-likeness (QED) is 0.826. The molecule has 0 radical (unpaired) electrons. The van der Waals surface area contributed by atoms with Crippen LogP contribution in [0.4, 0.5) is 11.9 Å². The summed E-state index contributed by atoms with van der Waals surface area (Å²) in [6.45, 7) is 6.13. The van der Waals surface area contributed by atoms with Gasteiger partial charge in [0, 0.05) is 32.6 Å². The zero-order valence-electron chi connectivity index (χ0n) is 14.3. The molecule has 7 heteroatoms. The normalized spacial score (nSPS) is 18.4. The van der Waals surface area contributed by atoms with Gasteiger partial charge < -0.3 is 19.3 Å². The third-order valence-electron chi connectivity index (χ3n) is 4.45. The summed E-state index contributed by atoms with van der Waals surface area (Å²) < 4.78 is 10.9. The van der Waals surface area contributed by atoms with E-state index in [-0.39, 0.29) is 0 Å². The summed E-state index contributed by atoms with van der Waals surface area (Å²) in [6.07, 6.45) is 0.706. The first-order chi connectivity index (χ1) is 12.4. The van der Waals surface area contributed by atoms with Crippen molar-refractivity contribution >= 4 is 11.9 Å². The maximum atomic E-state index is 5.45. The molecule has 4 rings (SSSR count). The van der Waals surface area contributed by atoms with Crippen molar-refractivity contribution in [3.8, 4) is 0 Å². The van der Waals surface area contributed by atoms with Gasteiger partial charge in [-0.15, -0.1) is 0 Å². The molecule has 0 bridgehead atoms.